The van der Waals surface area contributed by atoms with Crippen molar-refractivity contribution in [3.63, 3.8) is 0 Å². The molecule has 6 heteroatoms. The zero-order chi connectivity index (χ0) is 13.1. The van der Waals surface area contributed by atoms with Crippen molar-refractivity contribution in [2.24, 2.45) is 10.9 Å². The van der Waals surface area contributed by atoms with Crippen LogP contribution >= 0.6 is 0 Å². The number of phenolic OH excluding ortho intramolecular Hbond substituents is 1. The number of hydrogen-bond donors (Lipinski definition) is 4. The number of amidine groups is 1. The molecule has 1 amide bonds. The Hall–Kier alpha value is -2.24. The third-order valence-corrected chi connectivity index (χ3v) is 2.28. The molecule has 0 aliphatic rings. The lowest BCUT2D eigenvalue weighted by molar-refractivity contribution is 0.0930. The van der Waals surface area contributed by atoms with Crippen LogP contribution in [-0.4, -0.2) is 27.6 Å². The Balaban J connectivity index is 2.87. The molecule has 17 heavy (non-hydrogen) atoms. The molecule has 0 fully saturated rings. The summed E-state index contributed by atoms with van der Waals surface area (Å²) < 4.78 is 0. The molecule has 0 unspecified atom stereocenters. The standard InChI is InChI=1S/C11H15N3O3/c1-11(2,10(12)14-17)13-9(16)7-4-3-5-8(15)6-7/h3-6,15,17H,1-2H3,(H2,12,14)(H,13,16). The van der Waals surface area contributed by atoms with Gasteiger partial charge in [0.25, 0.3) is 5.91 Å². The van der Waals surface area contributed by atoms with Crippen molar-refractivity contribution in [1.29, 1.82) is 0 Å². The minimum absolute atomic E-state index is 0.000691. The molecule has 0 aliphatic heterocycles. The monoisotopic (exact) mass is 237 g/mol. The third kappa shape index (κ3) is 3.10. The van der Waals surface area contributed by atoms with Gasteiger partial charge in [0, 0.05) is 5.56 Å². The third-order valence-electron chi connectivity index (χ3n) is 2.28. The highest BCUT2D eigenvalue weighted by molar-refractivity contribution is 6.00. The SMILES string of the molecule is CC(C)(NC(=O)c1cccc(O)c1)/C(N)=N/O. The summed E-state index contributed by atoms with van der Waals surface area (Å²) in [5.74, 6) is -0.525. The number of amides is 1. The second kappa shape index (κ2) is 4.73. The Morgan fingerprint density at radius 1 is 1.47 bits per heavy atom. The molecule has 1 rings (SSSR count). The van der Waals surface area contributed by atoms with Gasteiger partial charge < -0.3 is 21.4 Å². The van der Waals surface area contributed by atoms with Crippen LogP contribution in [-0.2, 0) is 0 Å². The number of phenols is 1. The zero-order valence-corrected chi connectivity index (χ0v) is 9.64. The van der Waals surface area contributed by atoms with Crippen molar-refractivity contribution >= 4 is 11.7 Å². The molecule has 1 aromatic rings. The summed E-state index contributed by atoms with van der Waals surface area (Å²) in [4.78, 5) is 11.8. The zero-order valence-electron chi connectivity index (χ0n) is 9.64. The van der Waals surface area contributed by atoms with E-state index in [9.17, 15) is 9.90 Å². The molecule has 0 atom stereocenters. The fourth-order valence-corrected chi connectivity index (χ4v) is 1.19. The van der Waals surface area contributed by atoms with Crippen LogP contribution in [0.2, 0.25) is 0 Å². The minimum Gasteiger partial charge on any atom is -0.508 e. The summed E-state index contributed by atoms with van der Waals surface area (Å²) in [6.45, 7) is 3.20. The summed E-state index contributed by atoms with van der Waals surface area (Å²) in [5, 5.41) is 23.3. The maximum absolute atomic E-state index is 11.8. The van der Waals surface area contributed by atoms with E-state index in [1.54, 1.807) is 26.0 Å². The first-order chi connectivity index (χ1) is 7.86. The number of aromatic hydroxyl groups is 1. The Morgan fingerprint density at radius 3 is 2.65 bits per heavy atom. The highest BCUT2D eigenvalue weighted by Crippen LogP contribution is 2.12. The van der Waals surface area contributed by atoms with Gasteiger partial charge in [-0.3, -0.25) is 4.79 Å². The molecule has 0 saturated heterocycles. The number of benzene rings is 1. The summed E-state index contributed by atoms with van der Waals surface area (Å²) in [6, 6.07) is 5.90. The second-order valence-corrected chi connectivity index (χ2v) is 4.11. The molecule has 6 nitrogen and oxygen atoms in total. The van der Waals surface area contributed by atoms with Crippen molar-refractivity contribution in [3.05, 3.63) is 29.8 Å². The summed E-state index contributed by atoms with van der Waals surface area (Å²) in [6.07, 6.45) is 0. The average molecular weight is 237 g/mol. The lowest BCUT2D eigenvalue weighted by Crippen LogP contribution is -2.53. The van der Waals surface area contributed by atoms with Gasteiger partial charge >= 0.3 is 0 Å². The first kappa shape index (κ1) is 12.8. The van der Waals surface area contributed by atoms with E-state index < -0.39 is 11.4 Å². The van der Waals surface area contributed by atoms with E-state index in [0.29, 0.717) is 5.56 Å². The quantitative estimate of drug-likeness (QED) is 0.268. The number of carbonyl (C=O) groups is 1. The number of hydrogen-bond acceptors (Lipinski definition) is 4. The summed E-state index contributed by atoms with van der Waals surface area (Å²) >= 11 is 0. The van der Waals surface area contributed by atoms with Crippen molar-refractivity contribution in [1.82, 2.24) is 5.32 Å². The van der Waals surface area contributed by atoms with Crippen LogP contribution in [0.1, 0.15) is 24.2 Å². The lowest BCUT2D eigenvalue weighted by atomic mass is 10.0. The summed E-state index contributed by atoms with van der Waals surface area (Å²) in [5.41, 5.74) is 4.76. The van der Waals surface area contributed by atoms with Gasteiger partial charge in [0.15, 0.2) is 5.84 Å². The first-order valence-corrected chi connectivity index (χ1v) is 4.96. The highest BCUT2D eigenvalue weighted by atomic mass is 16.4. The van der Waals surface area contributed by atoms with Gasteiger partial charge in [0.1, 0.15) is 5.75 Å². The molecule has 0 bridgehead atoms. The van der Waals surface area contributed by atoms with Crippen LogP contribution in [0.4, 0.5) is 0 Å². The average Bonchev–Trinajstić information content (AvgIpc) is 2.27. The van der Waals surface area contributed by atoms with Crippen LogP contribution < -0.4 is 11.1 Å². The molecule has 0 heterocycles. The van der Waals surface area contributed by atoms with Gasteiger partial charge in [0.05, 0.1) is 5.54 Å². The van der Waals surface area contributed by atoms with Gasteiger partial charge in [-0.1, -0.05) is 11.2 Å². The number of nitrogens with two attached hydrogens (primary N) is 1. The number of nitrogens with one attached hydrogen (secondary N) is 1. The van der Waals surface area contributed by atoms with Crippen molar-refractivity contribution in [2.45, 2.75) is 19.4 Å². The Kier molecular flexibility index (Phi) is 3.57. The van der Waals surface area contributed by atoms with Crippen molar-refractivity contribution in [3.8, 4) is 5.75 Å². The van der Waals surface area contributed by atoms with Crippen LogP contribution in [0.15, 0.2) is 29.4 Å². The number of rotatable bonds is 3. The second-order valence-electron chi connectivity index (χ2n) is 4.11. The maximum Gasteiger partial charge on any atom is 0.252 e. The molecule has 0 saturated carbocycles. The molecule has 1 aromatic carbocycles. The fourth-order valence-electron chi connectivity index (χ4n) is 1.19. The van der Waals surface area contributed by atoms with E-state index in [1.807, 2.05) is 0 Å². The molecule has 0 radical (unpaired) electrons. The van der Waals surface area contributed by atoms with E-state index in [-0.39, 0.29) is 11.6 Å². The minimum atomic E-state index is -0.975. The number of carbonyl (C=O) groups excluding carboxylic acids is 1. The van der Waals surface area contributed by atoms with Crippen LogP contribution in [0, 0.1) is 0 Å². The molecule has 0 aromatic heterocycles. The Bertz CT molecular complexity index is 455. The van der Waals surface area contributed by atoms with E-state index in [1.165, 1.54) is 12.1 Å². The van der Waals surface area contributed by atoms with Crippen LogP contribution in [0.25, 0.3) is 0 Å². The molecule has 0 aliphatic carbocycles. The lowest BCUT2D eigenvalue weighted by Gasteiger charge is -2.24. The van der Waals surface area contributed by atoms with Crippen molar-refractivity contribution in [2.75, 3.05) is 0 Å². The Morgan fingerprint density at radius 2 is 2.12 bits per heavy atom. The van der Waals surface area contributed by atoms with Crippen molar-refractivity contribution < 1.29 is 15.1 Å². The van der Waals surface area contributed by atoms with Crippen LogP contribution in [0.5, 0.6) is 5.75 Å². The molecule has 0 spiro atoms. The van der Waals surface area contributed by atoms with E-state index in [2.05, 4.69) is 10.5 Å². The maximum atomic E-state index is 11.8. The van der Waals surface area contributed by atoms with Crippen LogP contribution in [0.3, 0.4) is 0 Å². The topological polar surface area (TPSA) is 108 Å². The predicted octanol–water partition coefficient (Wildman–Crippen LogP) is 0.647. The normalized spacial score (nSPS) is 12.2. The van der Waals surface area contributed by atoms with Gasteiger partial charge in [-0.25, -0.2) is 0 Å². The molecule has 5 N–H and O–H groups in total. The fraction of sp³-hybridized carbons (Fsp3) is 0.273. The van der Waals surface area contributed by atoms with Gasteiger partial charge in [-0.2, -0.15) is 0 Å². The molecule has 92 valence electrons. The largest absolute Gasteiger partial charge is 0.508 e. The van der Waals surface area contributed by atoms with E-state index in [0.717, 1.165) is 0 Å². The smallest absolute Gasteiger partial charge is 0.252 e. The number of nitrogens with zero attached hydrogens (tertiary/aromatic N) is 1. The van der Waals surface area contributed by atoms with E-state index in [4.69, 9.17) is 10.9 Å². The van der Waals surface area contributed by atoms with E-state index >= 15 is 0 Å². The summed E-state index contributed by atoms with van der Waals surface area (Å²) in [7, 11) is 0. The first-order valence-electron chi connectivity index (χ1n) is 4.96. The highest BCUT2D eigenvalue weighted by Gasteiger charge is 2.26. The number of oxime groups is 1. The Labute approximate surface area is 98.7 Å². The van der Waals surface area contributed by atoms with Gasteiger partial charge in [0.2, 0.25) is 0 Å². The van der Waals surface area contributed by atoms with Gasteiger partial charge in [-0.05, 0) is 32.0 Å². The predicted molar refractivity (Wildman–Crippen MR) is 63.1 cm³/mol. The van der Waals surface area contributed by atoms with Gasteiger partial charge in [-0.15, -0.1) is 0 Å². The molecular formula is C11H15N3O3. The molecular weight excluding hydrogens is 222 g/mol.